The molecule has 0 saturated heterocycles. The molecule has 3 rings (SSSR count). The average molecular weight is 522 g/mol. The SMILES string of the molecule is CCOC(=O)c1sc(CC(=O)/C(C#N)=C/c2ccc(-c3ccc(C(=O)O)cc3)o2)c(C(=O)OCC)c1C. The summed E-state index contributed by atoms with van der Waals surface area (Å²) in [5.41, 5.74) is 1.02. The Bertz CT molecular complexity index is 1420. The summed E-state index contributed by atoms with van der Waals surface area (Å²) in [6, 6.07) is 11.1. The van der Waals surface area contributed by atoms with Crippen LogP contribution >= 0.6 is 11.3 Å². The van der Waals surface area contributed by atoms with Gasteiger partial charge in [0.05, 0.1) is 29.9 Å². The Kier molecular flexibility index (Phi) is 8.77. The van der Waals surface area contributed by atoms with Crippen molar-refractivity contribution in [2.45, 2.75) is 27.2 Å². The molecule has 37 heavy (non-hydrogen) atoms. The van der Waals surface area contributed by atoms with Crippen molar-refractivity contribution < 1.29 is 38.2 Å². The van der Waals surface area contributed by atoms with E-state index in [1.165, 1.54) is 18.2 Å². The van der Waals surface area contributed by atoms with E-state index in [4.69, 9.17) is 19.0 Å². The predicted molar refractivity (Wildman–Crippen MR) is 134 cm³/mol. The number of nitriles is 1. The van der Waals surface area contributed by atoms with E-state index in [0.717, 1.165) is 11.3 Å². The zero-order chi connectivity index (χ0) is 27.1. The molecule has 0 bridgehead atoms. The number of benzene rings is 1. The smallest absolute Gasteiger partial charge is 0.348 e. The second kappa shape index (κ2) is 12.0. The molecule has 10 heteroatoms. The number of hydrogen-bond acceptors (Lipinski definition) is 9. The number of rotatable bonds is 10. The van der Waals surface area contributed by atoms with Crippen molar-refractivity contribution in [3.05, 3.63) is 74.2 Å². The number of allylic oxidation sites excluding steroid dienone is 1. The molecule has 0 amide bonds. The number of thiophene rings is 1. The normalized spacial score (nSPS) is 11.0. The van der Waals surface area contributed by atoms with E-state index >= 15 is 0 Å². The van der Waals surface area contributed by atoms with Crippen LogP contribution < -0.4 is 0 Å². The minimum absolute atomic E-state index is 0.111. The van der Waals surface area contributed by atoms with Gasteiger partial charge in [-0.3, -0.25) is 4.79 Å². The number of esters is 2. The summed E-state index contributed by atoms with van der Waals surface area (Å²) in [5.74, 6) is -2.24. The van der Waals surface area contributed by atoms with E-state index in [1.807, 2.05) is 6.07 Å². The highest BCUT2D eigenvalue weighted by molar-refractivity contribution is 7.14. The molecule has 0 fully saturated rings. The number of ketones is 1. The van der Waals surface area contributed by atoms with E-state index in [9.17, 15) is 24.4 Å². The number of carbonyl (C=O) groups is 4. The molecule has 0 saturated carbocycles. The van der Waals surface area contributed by atoms with Crippen LogP contribution in [0.1, 0.15) is 60.4 Å². The van der Waals surface area contributed by atoms with Gasteiger partial charge in [-0.2, -0.15) is 5.26 Å². The van der Waals surface area contributed by atoms with Crippen LogP contribution in [-0.2, 0) is 20.7 Å². The lowest BCUT2D eigenvalue weighted by Crippen LogP contribution is -2.12. The first-order valence-electron chi connectivity index (χ1n) is 11.2. The summed E-state index contributed by atoms with van der Waals surface area (Å²) in [6.07, 6.45) is 0.983. The molecule has 0 aliphatic rings. The first-order valence-corrected chi connectivity index (χ1v) is 12.1. The molecular formula is C27H23NO8S. The molecule has 0 atom stereocenters. The number of carboxylic acids is 1. The van der Waals surface area contributed by atoms with E-state index in [0.29, 0.717) is 21.8 Å². The quantitative estimate of drug-likeness (QED) is 0.219. The third-order valence-corrected chi connectivity index (χ3v) is 6.50. The fourth-order valence-corrected chi connectivity index (χ4v) is 4.67. The molecule has 2 aromatic heterocycles. The van der Waals surface area contributed by atoms with Crippen LogP contribution in [-0.4, -0.2) is 42.0 Å². The summed E-state index contributed by atoms with van der Waals surface area (Å²) in [6.45, 7) is 5.14. The van der Waals surface area contributed by atoms with Crippen molar-refractivity contribution in [3.63, 3.8) is 0 Å². The number of furan rings is 1. The first kappa shape index (κ1) is 27.1. The zero-order valence-corrected chi connectivity index (χ0v) is 21.1. The van der Waals surface area contributed by atoms with Gasteiger partial charge in [-0.1, -0.05) is 12.1 Å². The molecule has 0 spiro atoms. The summed E-state index contributed by atoms with van der Waals surface area (Å²) >= 11 is 0.957. The highest BCUT2D eigenvalue weighted by atomic mass is 32.1. The van der Waals surface area contributed by atoms with E-state index in [1.54, 1.807) is 45.0 Å². The highest BCUT2D eigenvalue weighted by Gasteiger charge is 2.28. The van der Waals surface area contributed by atoms with Crippen LogP contribution in [0.4, 0.5) is 0 Å². The van der Waals surface area contributed by atoms with Gasteiger partial charge in [0.1, 0.15) is 22.5 Å². The molecule has 2 heterocycles. The van der Waals surface area contributed by atoms with Crippen LogP contribution in [0, 0.1) is 18.3 Å². The second-order valence-corrected chi connectivity index (χ2v) is 8.75. The molecule has 0 unspecified atom stereocenters. The summed E-state index contributed by atoms with van der Waals surface area (Å²) < 4.78 is 15.9. The minimum atomic E-state index is -1.05. The van der Waals surface area contributed by atoms with E-state index in [2.05, 4.69) is 0 Å². The van der Waals surface area contributed by atoms with Gasteiger partial charge in [-0.05, 0) is 50.6 Å². The summed E-state index contributed by atoms with van der Waals surface area (Å²) in [7, 11) is 0. The first-order chi connectivity index (χ1) is 17.7. The number of nitrogens with zero attached hydrogens (tertiary/aromatic N) is 1. The Balaban J connectivity index is 1.88. The molecule has 0 aliphatic heterocycles. The average Bonchev–Trinajstić information content (AvgIpc) is 3.47. The molecular weight excluding hydrogens is 498 g/mol. The van der Waals surface area contributed by atoms with Crippen molar-refractivity contribution in [1.29, 1.82) is 5.26 Å². The number of ether oxygens (including phenoxy) is 2. The number of aromatic carboxylic acids is 1. The lowest BCUT2D eigenvalue weighted by molar-refractivity contribution is -0.114. The van der Waals surface area contributed by atoms with Crippen LogP contribution in [0.5, 0.6) is 0 Å². The van der Waals surface area contributed by atoms with Gasteiger partial charge in [0.25, 0.3) is 0 Å². The number of carbonyl (C=O) groups excluding carboxylic acids is 3. The Morgan fingerprint density at radius 3 is 2.27 bits per heavy atom. The Hall–Kier alpha value is -4.49. The minimum Gasteiger partial charge on any atom is -0.478 e. The van der Waals surface area contributed by atoms with Crippen LogP contribution in [0.15, 0.2) is 46.4 Å². The number of hydrogen-bond donors (Lipinski definition) is 1. The van der Waals surface area contributed by atoms with Gasteiger partial charge in [0.15, 0.2) is 5.78 Å². The predicted octanol–water partition coefficient (Wildman–Crippen LogP) is 5.09. The lowest BCUT2D eigenvalue weighted by atomic mass is 10.0. The molecule has 0 radical (unpaired) electrons. The third kappa shape index (κ3) is 6.20. The van der Waals surface area contributed by atoms with Gasteiger partial charge in [0, 0.05) is 22.9 Å². The van der Waals surface area contributed by atoms with Crippen molar-refractivity contribution in [2.24, 2.45) is 0 Å². The Morgan fingerprint density at radius 2 is 1.68 bits per heavy atom. The van der Waals surface area contributed by atoms with Crippen LogP contribution in [0.2, 0.25) is 0 Å². The Labute approximate surface area is 216 Å². The standard InChI is InChI=1S/C27H23NO8S/c1-4-34-26(32)23-15(3)24(27(33)35-5-2)37-22(23)13-20(29)18(14-28)12-19-10-11-21(36-19)16-6-8-17(9-7-16)25(30)31/h6-12H,4-5,13H2,1-3H3,(H,30,31)/b18-12+. The van der Waals surface area contributed by atoms with Gasteiger partial charge >= 0.3 is 17.9 Å². The fraction of sp³-hybridized carbons (Fsp3) is 0.222. The van der Waals surface area contributed by atoms with E-state index in [-0.39, 0.29) is 47.0 Å². The maximum Gasteiger partial charge on any atom is 0.348 e. The molecule has 190 valence electrons. The second-order valence-electron chi connectivity index (χ2n) is 7.65. The van der Waals surface area contributed by atoms with Crippen molar-refractivity contribution in [1.82, 2.24) is 0 Å². The van der Waals surface area contributed by atoms with Gasteiger partial charge in [-0.25, -0.2) is 14.4 Å². The third-order valence-electron chi connectivity index (χ3n) is 5.23. The molecule has 0 aliphatic carbocycles. The topological polar surface area (TPSA) is 144 Å². The Morgan fingerprint density at radius 1 is 1.03 bits per heavy atom. The molecule has 9 nitrogen and oxygen atoms in total. The largest absolute Gasteiger partial charge is 0.478 e. The summed E-state index contributed by atoms with van der Waals surface area (Å²) in [5, 5.41) is 18.7. The van der Waals surface area contributed by atoms with Crippen LogP contribution in [0.25, 0.3) is 17.4 Å². The monoisotopic (exact) mass is 521 g/mol. The van der Waals surface area contributed by atoms with Gasteiger partial charge in [-0.15, -0.1) is 11.3 Å². The molecule has 3 aromatic rings. The maximum atomic E-state index is 13.0. The van der Waals surface area contributed by atoms with Crippen molar-refractivity contribution in [2.75, 3.05) is 13.2 Å². The lowest BCUT2D eigenvalue weighted by Gasteiger charge is -2.05. The molecule has 1 N–H and O–H groups in total. The van der Waals surface area contributed by atoms with Gasteiger partial charge < -0.3 is 19.0 Å². The maximum absolute atomic E-state index is 13.0. The van der Waals surface area contributed by atoms with Crippen LogP contribution in [0.3, 0.4) is 0 Å². The summed E-state index contributed by atoms with van der Waals surface area (Å²) in [4.78, 5) is 49.5. The molecule has 1 aromatic carbocycles. The van der Waals surface area contributed by atoms with E-state index < -0.39 is 23.7 Å². The number of carboxylic acid groups (broad SMARTS) is 1. The highest BCUT2D eigenvalue weighted by Crippen LogP contribution is 2.31. The fourth-order valence-electron chi connectivity index (χ4n) is 3.48. The van der Waals surface area contributed by atoms with Gasteiger partial charge in [0.2, 0.25) is 0 Å². The van der Waals surface area contributed by atoms with Crippen molar-refractivity contribution >= 4 is 41.1 Å². The number of Topliss-reactive ketones (excluding diaryl/α,β-unsaturated/α-hetero) is 1. The zero-order valence-electron chi connectivity index (χ0n) is 20.3. The van der Waals surface area contributed by atoms with Crippen molar-refractivity contribution in [3.8, 4) is 17.4 Å².